The maximum atomic E-state index is 12.5. The Kier molecular flexibility index (Phi) is 4.65. The monoisotopic (exact) mass is 309 g/mol. The Morgan fingerprint density at radius 3 is 2.61 bits per heavy atom. The van der Waals surface area contributed by atoms with Crippen LogP contribution >= 0.6 is 0 Å². The molecule has 2 aromatic rings. The van der Waals surface area contributed by atoms with E-state index in [1.54, 1.807) is 0 Å². The third-order valence-electron chi connectivity index (χ3n) is 4.16. The molecular formula is C20H23NO2. The molecule has 1 atom stereocenters. The number of carbonyl (C=O) groups excluding carboxylic acids is 1. The molecule has 120 valence electrons. The summed E-state index contributed by atoms with van der Waals surface area (Å²) in [6.45, 7) is 3.97. The number of aryl methyl sites for hydroxylation is 1. The van der Waals surface area contributed by atoms with Gasteiger partial charge in [-0.2, -0.15) is 0 Å². The smallest absolute Gasteiger partial charge is 0.251 e. The second-order valence-corrected chi connectivity index (χ2v) is 6.31. The zero-order valence-corrected chi connectivity index (χ0v) is 13.7. The van der Waals surface area contributed by atoms with Gasteiger partial charge in [-0.3, -0.25) is 4.79 Å². The number of carbonyl (C=O) groups is 1. The number of benzene rings is 2. The van der Waals surface area contributed by atoms with Crippen molar-refractivity contribution in [2.24, 2.45) is 0 Å². The van der Waals surface area contributed by atoms with E-state index in [4.69, 9.17) is 4.74 Å². The molecule has 3 heteroatoms. The van der Waals surface area contributed by atoms with Crippen molar-refractivity contribution in [2.75, 3.05) is 0 Å². The molecule has 0 saturated heterocycles. The summed E-state index contributed by atoms with van der Waals surface area (Å²) in [5, 5.41) is 3.17. The molecule has 0 aromatic heterocycles. The molecule has 0 aliphatic heterocycles. The molecule has 0 saturated carbocycles. The summed E-state index contributed by atoms with van der Waals surface area (Å²) in [6.07, 6.45) is 3.35. The molecule has 3 nitrogen and oxygen atoms in total. The van der Waals surface area contributed by atoms with Gasteiger partial charge in [-0.15, -0.1) is 0 Å². The second-order valence-electron chi connectivity index (χ2n) is 6.31. The summed E-state index contributed by atoms with van der Waals surface area (Å²) >= 11 is 0. The lowest BCUT2D eigenvalue weighted by molar-refractivity contribution is 0.0932. The molecule has 0 fully saturated rings. The van der Waals surface area contributed by atoms with Gasteiger partial charge < -0.3 is 10.1 Å². The van der Waals surface area contributed by atoms with Crippen molar-refractivity contribution in [3.8, 4) is 5.75 Å². The van der Waals surface area contributed by atoms with Crippen LogP contribution in [-0.2, 0) is 6.42 Å². The zero-order valence-electron chi connectivity index (χ0n) is 13.7. The van der Waals surface area contributed by atoms with Crippen LogP contribution in [0, 0.1) is 0 Å². The van der Waals surface area contributed by atoms with E-state index in [1.165, 1.54) is 11.1 Å². The molecule has 0 radical (unpaired) electrons. The van der Waals surface area contributed by atoms with Gasteiger partial charge in [-0.25, -0.2) is 0 Å². The summed E-state index contributed by atoms with van der Waals surface area (Å²) in [5.74, 6) is 0.766. The van der Waals surface area contributed by atoms with Crippen LogP contribution in [0.15, 0.2) is 48.5 Å². The van der Waals surface area contributed by atoms with E-state index in [0.717, 1.165) is 25.0 Å². The Balaban J connectivity index is 1.70. The molecule has 0 bridgehead atoms. The van der Waals surface area contributed by atoms with Crippen molar-refractivity contribution in [3.05, 3.63) is 65.2 Å². The highest BCUT2D eigenvalue weighted by atomic mass is 16.5. The van der Waals surface area contributed by atoms with Crippen LogP contribution in [0.25, 0.3) is 0 Å². The Morgan fingerprint density at radius 2 is 1.87 bits per heavy atom. The van der Waals surface area contributed by atoms with Crippen molar-refractivity contribution in [3.63, 3.8) is 0 Å². The maximum absolute atomic E-state index is 12.5. The fourth-order valence-corrected chi connectivity index (χ4v) is 3.10. The first-order valence-electron chi connectivity index (χ1n) is 8.29. The van der Waals surface area contributed by atoms with Crippen molar-refractivity contribution < 1.29 is 9.53 Å². The third kappa shape index (κ3) is 3.73. The number of amides is 1. The lowest BCUT2D eigenvalue weighted by atomic mass is 9.87. The first-order chi connectivity index (χ1) is 11.1. The highest BCUT2D eigenvalue weighted by Gasteiger charge is 2.21. The molecule has 23 heavy (non-hydrogen) atoms. The summed E-state index contributed by atoms with van der Waals surface area (Å²) in [5.41, 5.74) is 3.28. The molecule has 0 spiro atoms. The lowest BCUT2D eigenvalue weighted by Gasteiger charge is -2.26. The second kappa shape index (κ2) is 6.86. The number of nitrogens with one attached hydrogen (secondary N) is 1. The van der Waals surface area contributed by atoms with Crippen molar-refractivity contribution in [1.29, 1.82) is 0 Å². The van der Waals surface area contributed by atoms with Crippen LogP contribution in [0.2, 0.25) is 0 Å². The van der Waals surface area contributed by atoms with Crippen LogP contribution in [0.5, 0.6) is 5.75 Å². The molecule has 1 aliphatic carbocycles. The van der Waals surface area contributed by atoms with Gasteiger partial charge in [0.1, 0.15) is 5.75 Å². The van der Waals surface area contributed by atoms with E-state index < -0.39 is 0 Å². The summed E-state index contributed by atoms with van der Waals surface area (Å²) in [6, 6.07) is 15.8. The molecule has 1 amide bonds. The Bertz CT molecular complexity index is 676. The van der Waals surface area contributed by atoms with E-state index in [1.807, 2.05) is 44.2 Å². The van der Waals surface area contributed by atoms with Gasteiger partial charge >= 0.3 is 0 Å². The Labute approximate surface area is 137 Å². The van der Waals surface area contributed by atoms with Crippen LogP contribution < -0.4 is 10.1 Å². The topological polar surface area (TPSA) is 38.3 Å². The third-order valence-corrected chi connectivity index (χ3v) is 4.16. The number of hydrogen-bond donors (Lipinski definition) is 1. The van der Waals surface area contributed by atoms with Crippen LogP contribution in [-0.4, -0.2) is 12.0 Å². The van der Waals surface area contributed by atoms with Gasteiger partial charge in [-0.05, 0) is 68.5 Å². The number of hydrogen-bond acceptors (Lipinski definition) is 2. The van der Waals surface area contributed by atoms with Crippen LogP contribution in [0.1, 0.15) is 54.2 Å². The SMILES string of the molecule is CC(C)Oc1ccc(C(=O)N[C@@H]2CCCc3ccccc32)cc1. The summed E-state index contributed by atoms with van der Waals surface area (Å²) in [7, 11) is 0. The standard InChI is InChI=1S/C20H23NO2/c1-14(2)23-17-12-10-16(11-13-17)20(22)21-19-9-5-7-15-6-3-4-8-18(15)19/h3-4,6,8,10-14,19H,5,7,9H2,1-2H3,(H,21,22)/t19-/m1/s1. The molecular weight excluding hydrogens is 286 g/mol. The largest absolute Gasteiger partial charge is 0.491 e. The normalized spacial score (nSPS) is 16.7. The van der Waals surface area contributed by atoms with E-state index in [9.17, 15) is 4.79 Å². The van der Waals surface area contributed by atoms with Gasteiger partial charge in [0, 0.05) is 5.56 Å². The van der Waals surface area contributed by atoms with Gasteiger partial charge in [-0.1, -0.05) is 24.3 Å². The molecule has 2 aromatic carbocycles. The van der Waals surface area contributed by atoms with Gasteiger partial charge in [0.15, 0.2) is 0 Å². The predicted molar refractivity (Wildman–Crippen MR) is 91.8 cm³/mol. The minimum atomic E-state index is -0.0252. The fraction of sp³-hybridized carbons (Fsp3) is 0.350. The Morgan fingerprint density at radius 1 is 1.13 bits per heavy atom. The quantitative estimate of drug-likeness (QED) is 0.915. The highest BCUT2D eigenvalue weighted by molar-refractivity contribution is 5.94. The van der Waals surface area contributed by atoms with E-state index >= 15 is 0 Å². The van der Waals surface area contributed by atoms with E-state index in [2.05, 4.69) is 23.5 Å². The highest BCUT2D eigenvalue weighted by Crippen LogP contribution is 2.29. The number of ether oxygens (including phenoxy) is 1. The fourth-order valence-electron chi connectivity index (χ4n) is 3.10. The summed E-state index contributed by atoms with van der Waals surface area (Å²) in [4.78, 5) is 12.5. The minimum Gasteiger partial charge on any atom is -0.491 e. The molecule has 0 heterocycles. The molecule has 1 aliphatic rings. The first-order valence-corrected chi connectivity index (χ1v) is 8.29. The minimum absolute atomic E-state index is 0.0252. The zero-order chi connectivity index (χ0) is 16.2. The van der Waals surface area contributed by atoms with Crippen molar-refractivity contribution in [2.45, 2.75) is 45.3 Å². The maximum Gasteiger partial charge on any atom is 0.251 e. The Hall–Kier alpha value is -2.29. The average molecular weight is 309 g/mol. The van der Waals surface area contributed by atoms with Gasteiger partial charge in [0.2, 0.25) is 0 Å². The number of fused-ring (bicyclic) bond motifs is 1. The molecule has 3 rings (SSSR count). The first kappa shape index (κ1) is 15.6. The average Bonchev–Trinajstić information content (AvgIpc) is 2.55. The van der Waals surface area contributed by atoms with Gasteiger partial charge in [0.05, 0.1) is 12.1 Å². The van der Waals surface area contributed by atoms with Gasteiger partial charge in [0.25, 0.3) is 5.91 Å². The summed E-state index contributed by atoms with van der Waals surface area (Å²) < 4.78 is 5.61. The number of rotatable bonds is 4. The lowest BCUT2D eigenvalue weighted by Crippen LogP contribution is -2.30. The van der Waals surface area contributed by atoms with Crippen molar-refractivity contribution in [1.82, 2.24) is 5.32 Å². The predicted octanol–water partition coefficient (Wildman–Crippen LogP) is 4.28. The molecule has 1 N–H and O–H groups in total. The van der Waals surface area contributed by atoms with Crippen molar-refractivity contribution >= 4 is 5.91 Å². The van der Waals surface area contributed by atoms with E-state index in [-0.39, 0.29) is 18.1 Å². The van der Waals surface area contributed by atoms with E-state index in [0.29, 0.717) is 5.56 Å². The van der Waals surface area contributed by atoms with Crippen LogP contribution in [0.3, 0.4) is 0 Å². The molecule has 0 unspecified atom stereocenters. The van der Waals surface area contributed by atoms with Crippen LogP contribution in [0.4, 0.5) is 0 Å².